The number of hydrogen-bond acceptors (Lipinski definition) is 2. The molecule has 4 aromatic rings. The number of nitrogens with one attached hydrogen (secondary N) is 1. The number of carbonyl (C=O) groups excluding carboxylic acids is 1. The molecule has 1 aliphatic heterocycles. The molecule has 0 aliphatic carbocycles. The van der Waals surface area contributed by atoms with Gasteiger partial charge in [-0.2, -0.15) is 0 Å². The Labute approximate surface area is 163 Å². The van der Waals surface area contributed by atoms with Crippen molar-refractivity contribution in [3.05, 3.63) is 95.6 Å². The van der Waals surface area contributed by atoms with E-state index in [1.807, 2.05) is 54.6 Å². The first-order valence-corrected chi connectivity index (χ1v) is 9.46. The largest absolute Gasteiger partial charge is 0.395 e. The van der Waals surface area contributed by atoms with E-state index in [-0.39, 0.29) is 18.6 Å². The maximum absolute atomic E-state index is 13.1. The average molecular weight is 368 g/mol. The number of fused-ring (bicyclic) bond motifs is 2. The number of para-hydroxylation sites is 1. The fraction of sp³-hybridized carbons (Fsp3) is 0.125. The third-order valence-corrected chi connectivity index (χ3v) is 5.48. The second-order valence-electron chi connectivity index (χ2n) is 7.04. The Hall–Kier alpha value is -3.37. The molecule has 138 valence electrons. The highest BCUT2D eigenvalue weighted by molar-refractivity contribution is 6.02. The average Bonchev–Trinajstić information content (AvgIpc) is 3.25. The van der Waals surface area contributed by atoms with Crippen LogP contribution >= 0.6 is 0 Å². The van der Waals surface area contributed by atoms with Gasteiger partial charge in [-0.3, -0.25) is 4.79 Å². The molecule has 5 rings (SSSR count). The summed E-state index contributed by atoms with van der Waals surface area (Å²) in [6.07, 6.45) is 0. The van der Waals surface area contributed by atoms with Crippen LogP contribution in [-0.4, -0.2) is 34.0 Å². The van der Waals surface area contributed by atoms with Crippen molar-refractivity contribution < 1.29 is 9.90 Å². The van der Waals surface area contributed by atoms with E-state index >= 15 is 0 Å². The van der Waals surface area contributed by atoms with Crippen LogP contribution in [0.4, 0.5) is 0 Å². The maximum atomic E-state index is 13.1. The monoisotopic (exact) mass is 368 g/mol. The molecule has 1 aromatic heterocycles. The van der Waals surface area contributed by atoms with Gasteiger partial charge in [0.1, 0.15) is 0 Å². The molecular weight excluding hydrogens is 348 g/mol. The second kappa shape index (κ2) is 6.66. The van der Waals surface area contributed by atoms with Gasteiger partial charge in [-0.25, -0.2) is 0 Å². The summed E-state index contributed by atoms with van der Waals surface area (Å²) in [5.41, 5.74) is 5.91. The van der Waals surface area contributed by atoms with E-state index in [1.54, 1.807) is 4.90 Å². The highest BCUT2D eigenvalue weighted by Gasteiger charge is 2.39. The Balaban J connectivity index is 1.82. The van der Waals surface area contributed by atoms with Crippen LogP contribution in [0, 0.1) is 0 Å². The minimum atomic E-state index is -0.234. The summed E-state index contributed by atoms with van der Waals surface area (Å²) in [4.78, 5) is 18.4. The number of amides is 1. The van der Waals surface area contributed by atoms with Gasteiger partial charge in [0.15, 0.2) is 0 Å². The number of aromatic amines is 1. The first kappa shape index (κ1) is 16.8. The molecule has 0 unspecified atom stereocenters. The van der Waals surface area contributed by atoms with Crippen LogP contribution in [0.25, 0.3) is 22.2 Å². The van der Waals surface area contributed by atoms with Crippen molar-refractivity contribution in [3.63, 3.8) is 0 Å². The highest BCUT2D eigenvalue weighted by atomic mass is 16.3. The summed E-state index contributed by atoms with van der Waals surface area (Å²) >= 11 is 0. The number of aliphatic hydroxyl groups excluding tert-OH is 1. The van der Waals surface area contributed by atoms with E-state index in [1.165, 1.54) is 0 Å². The first-order valence-electron chi connectivity index (χ1n) is 9.46. The van der Waals surface area contributed by atoms with Crippen LogP contribution in [0.3, 0.4) is 0 Å². The minimum Gasteiger partial charge on any atom is -0.395 e. The van der Waals surface area contributed by atoms with Crippen molar-refractivity contribution in [2.75, 3.05) is 13.2 Å². The zero-order chi connectivity index (χ0) is 19.1. The molecule has 3 aromatic carbocycles. The van der Waals surface area contributed by atoms with Crippen molar-refractivity contribution in [3.8, 4) is 11.3 Å². The molecular formula is C24H20N2O2. The molecule has 0 radical (unpaired) electrons. The van der Waals surface area contributed by atoms with Gasteiger partial charge in [0, 0.05) is 28.6 Å². The molecule has 0 bridgehead atoms. The lowest BCUT2D eigenvalue weighted by Crippen LogP contribution is -2.31. The Bertz CT molecular complexity index is 1160. The molecule has 4 nitrogen and oxygen atoms in total. The number of β-amino-alcohol motifs (C(OH)–C–C–N with tert-alkyl or cyclic N) is 1. The molecule has 0 spiro atoms. The number of rotatable bonds is 4. The van der Waals surface area contributed by atoms with Gasteiger partial charge in [0.05, 0.1) is 18.3 Å². The topological polar surface area (TPSA) is 56.3 Å². The number of aromatic nitrogens is 1. The van der Waals surface area contributed by atoms with Gasteiger partial charge >= 0.3 is 0 Å². The number of nitrogens with zero attached hydrogens (tertiary/aromatic N) is 1. The minimum absolute atomic E-state index is 0.0288. The van der Waals surface area contributed by atoms with Gasteiger partial charge in [0.2, 0.25) is 0 Å². The smallest absolute Gasteiger partial charge is 0.255 e. The van der Waals surface area contributed by atoms with Gasteiger partial charge in [-0.1, -0.05) is 66.7 Å². The van der Waals surface area contributed by atoms with E-state index in [0.29, 0.717) is 12.1 Å². The lowest BCUT2D eigenvalue weighted by molar-refractivity contribution is 0.0713. The fourth-order valence-electron chi connectivity index (χ4n) is 4.30. The molecule has 2 heterocycles. The zero-order valence-corrected chi connectivity index (χ0v) is 15.3. The second-order valence-corrected chi connectivity index (χ2v) is 7.04. The molecule has 0 saturated heterocycles. The molecule has 2 N–H and O–H groups in total. The van der Waals surface area contributed by atoms with E-state index in [4.69, 9.17) is 0 Å². The Morgan fingerprint density at radius 2 is 1.61 bits per heavy atom. The van der Waals surface area contributed by atoms with Crippen molar-refractivity contribution in [2.45, 2.75) is 6.04 Å². The Morgan fingerprint density at radius 3 is 2.43 bits per heavy atom. The van der Waals surface area contributed by atoms with Crippen LogP contribution in [0.5, 0.6) is 0 Å². The first-order chi connectivity index (χ1) is 13.8. The summed E-state index contributed by atoms with van der Waals surface area (Å²) in [5.74, 6) is -0.0288. The molecule has 0 saturated carbocycles. The van der Waals surface area contributed by atoms with Crippen molar-refractivity contribution in [2.24, 2.45) is 0 Å². The van der Waals surface area contributed by atoms with Crippen molar-refractivity contribution >= 4 is 16.8 Å². The van der Waals surface area contributed by atoms with Crippen LogP contribution < -0.4 is 0 Å². The molecule has 4 heteroatoms. The van der Waals surface area contributed by atoms with Gasteiger partial charge in [0.25, 0.3) is 5.91 Å². The van der Waals surface area contributed by atoms with E-state index in [0.717, 1.165) is 33.3 Å². The summed E-state index contributed by atoms with van der Waals surface area (Å²) in [5, 5.41) is 10.7. The van der Waals surface area contributed by atoms with E-state index < -0.39 is 0 Å². The molecule has 1 amide bonds. The van der Waals surface area contributed by atoms with Crippen LogP contribution in [0.1, 0.15) is 27.5 Å². The predicted octanol–water partition coefficient (Wildman–Crippen LogP) is 4.37. The van der Waals surface area contributed by atoms with Gasteiger partial charge in [-0.05, 0) is 23.3 Å². The summed E-state index contributed by atoms with van der Waals surface area (Å²) in [6, 6.07) is 25.9. The Morgan fingerprint density at radius 1 is 0.893 bits per heavy atom. The third kappa shape index (κ3) is 2.46. The number of benzene rings is 3. The fourth-order valence-corrected chi connectivity index (χ4v) is 4.30. The maximum Gasteiger partial charge on any atom is 0.255 e. The lowest BCUT2D eigenvalue weighted by atomic mass is 9.93. The summed E-state index contributed by atoms with van der Waals surface area (Å²) in [7, 11) is 0. The normalized spacial score (nSPS) is 16.0. The predicted molar refractivity (Wildman–Crippen MR) is 110 cm³/mol. The summed E-state index contributed by atoms with van der Waals surface area (Å²) in [6.45, 7) is 0.227. The molecule has 0 fully saturated rings. The molecule has 1 atom stereocenters. The van der Waals surface area contributed by atoms with Crippen molar-refractivity contribution in [1.29, 1.82) is 0 Å². The van der Waals surface area contributed by atoms with E-state index in [9.17, 15) is 9.90 Å². The van der Waals surface area contributed by atoms with Crippen molar-refractivity contribution in [1.82, 2.24) is 9.88 Å². The van der Waals surface area contributed by atoms with Gasteiger partial charge in [-0.15, -0.1) is 0 Å². The van der Waals surface area contributed by atoms with Crippen LogP contribution in [-0.2, 0) is 0 Å². The number of carbonyl (C=O) groups is 1. The quantitative estimate of drug-likeness (QED) is 0.562. The third-order valence-electron chi connectivity index (χ3n) is 5.48. The van der Waals surface area contributed by atoms with Gasteiger partial charge < -0.3 is 15.0 Å². The van der Waals surface area contributed by atoms with E-state index in [2.05, 4.69) is 29.2 Å². The Kier molecular flexibility index (Phi) is 3.99. The standard InChI is InChI=1S/C24H20N2O2/c27-15-14-26-23(17-10-4-5-11-18(17)24(26)28)21-19-12-6-7-13-20(19)25-22(21)16-8-2-1-3-9-16/h1-13,23,25,27H,14-15H2/t23-/m1/s1. The molecule has 28 heavy (non-hydrogen) atoms. The SMILES string of the molecule is O=C1c2ccccc2[C@H](c2c(-c3ccccc3)[nH]c3ccccc23)N1CCO. The van der Waals surface area contributed by atoms with Crippen LogP contribution in [0.15, 0.2) is 78.9 Å². The number of aliphatic hydroxyl groups is 1. The number of H-pyrrole nitrogens is 1. The van der Waals surface area contributed by atoms with Crippen LogP contribution in [0.2, 0.25) is 0 Å². The zero-order valence-electron chi connectivity index (χ0n) is 15.3. The summed E-state index contributed by atoms with van der Waals surface area (Å²) < 4.78 is 0. The molecule has 1 aliphatic rings. The number of hydrogen-bond donors (Lipinski definition) is 2. The highest BCUT2D eigenvalue weighted by Crippen LogP contribution is 2.45. The lowest BCUT2D eigenvalue weighted by Gasteiger charge is -2.26.